The Balaban J connectivity index is 1.92. The molecule has 1 aliphatic carbocycles. The van der Waals surface area contributed by atoms with Crippen LogP contribution in [0.5, 0.6) is 0 Å². The number of hydrogen-bond acceptors (Lipinski definition) is 4. The predicted octanol–water partition coefficient (Wildman–Crippen LogP) is 1.14. The summed E-state index contributed by atoms with van der Waals surface area (Å²) in [5.74, 6) is -0.960. The number of rotatable bonds is 3. The first-order chi connectivity index (χ1) is 9.86. The maximum Gasteiger partial charge on any atom is 0.311 e. The predicted molar refractivity (Wildman–Crippen MR) is 77.0 cm³/mol. The molecule has 2 fully saturated rings. The van der Waals surface area contributed by atoms with E-state index >= 15 is 0 Å². The smallest absolute Gasteiger partial charge is 0.311 e. The fourth-order valence-corrected chi connectivity index (χ4v) is 5.12. The van der Waals surface area contributed by atoms with Gasteiger partial charge in [0.25, 0.3) is 0 Å². The molecule has 0 spiro atoms. The summed E-state index contributed by atoms with van der Waals surface area (Å²) in [5, 5.41) is 9.53. The highest BCUT2D eigenvalue weighted by Crippen LogP contribution is 2.50. The third-order valence-corrected chi connectivity index (χ3v) is 6.61. The zero-order chi connectivity index (χ0) is 15.3. The van der Waals surface area contributed by atoms with E-state index in [1.165, 1.54) is 28.6 Å². The summed E-state index contributed by atoms with van der Waals surface area (Å²) in [4.78, 5) is 11.8. The normalized spacial score (nSPS) is 29.4. The average Bonchev–Trinajstić information content (AvgIpc) is 2.96. The average molecular weight is 310 g/mol. The van der Waals surface area contributed by atoms with Gasteiger partial charge >= 0.3 is 5.97 Å². The summed E-state index contributed by atoms with van der Waals surface area (Å²) in [6.07, 6.45) is 2.19. The number of carbonyl (C=O) groups is 1. The molecule has 7 heteroatoms. The Labute approximate surface area is 123 Å². The van der Waals surface area contributed by atoms with Gasteiger partial charge in [0.15, 0.2) is 0 Å². The largest absolute Gasteiger partial charge is 0.481 e. The molecule has 0 radical (unpaired) electrons. The molecular weight excluding hydrogens is 292 g/mol. The van der Waals surface area contributed by atoms with Crippen LogP contribution in [0, 0.1) is 11.3 Å². The van der Waals surface area contributed by atoms with Gasteiger partial charge in [0.05, 0.1) is 10.3 Å². The third kappa shape index (κ3) is 2.11. The lowest BCUT2D eigenvalue weighted by Crippen LogP contribution is -2.37. The summed E-state index contributed by atoms with van der Waals surface area (Å²) >= 11 is 0. The number of fused-ring (bicyclic) bond motifs is 1. The topological polar surface area (TPSA) is 101 Å². The first-order valence-corrected chi connectivity index (χ1v) is 8.39. The fraction of sp³-hybridized carbons (Fsp3) is 0.500. The summed E-state index contributed by atoms with van der Waals surface area (Å²) in [5.41, 5.74) is 5.17. The van der Waals surface area contributed by atoms with Crippen LogP contribution >= 0.6 is 0 Å². The number of anilines is 1. The number of nitrogen functional groups attached to an aromatic ring is 1. The SMILES string of the molecule is Nc1ccc(S(=O)(=O)N2C[C@@H]3CCC[C@@]3(C(=O)O)C2)cc1. The molecule has 1 aliphatic heterocycles. The van der Waals surface area contributed by atoms with Crippen LogP contribution in [0.25, 0.3) is 0 Å². The van der Waals surface area contributed by atoms with Gasteiger partial charge in [-0.1, -0.05) is 6.42 Å². The standard InChI is InChI=1S/C14H18N2O4S/c15-11-3-5-12(6-4-11)21(19,20)16-8-10-2-1-7-14(10,9-16)13(17)18/h3-6,10H,1-2,7-9,15H2,(H,17,18)/t10-,14+/m0/s1. The van der Waals surface area contributed by atoms with Gasteiger partial charge in [-0.2, -0.15) is 4.31 Å². The summed E-state index contributed by atoms with van der Waals surface area (Å²) in [6, 6.07) is 6.01. The van der Waals surface area contributed by atoms with E-state index in [9.17, 15) is 18.3 Å². The second-order valence-electron chi connectivity index (χ2n) is 5.92. The second-order valence-corrected chi connectivity index (χ2v) is 7.85. The van der Waals surface area contributed by atoms with Gasteiger partial charge in [-0.3, -0.25) is 4.79 Å². The Morgan fingerprint density at radius 1 is 1.33 bits per heavy atom. The minimum Gasteiger partial charge on any atom is -0.481 e. The van der Waals surface area contributed by atoms with Crippen LogP contribution in [0.3, 0.4) is 0 Å². The van der Waals surface area contributed by atoms with Crippen molar-refractivity contribution in [2.45, 2.75) is 24.2 Å². The van der Waals surface area contributed by atoms with Crippen LogP contribution in [-0.2, 0) is 14.8 Å². The molecule has 3 rings (SSSR count). The van der Waals surface area contributed by atoms with Crippen molar-refractivity contribution in [2.24, 2.45) is 11.3 Å². The Hall–Kier alpha value is -1.60. The molecule has 1 saturated heterocycles. The summed E-state index contributed by atoms with van der Waals surface area (Å²) in [6.45, 7) is 0.360. The molecule has 0 unspecified atom stereocenters. The van der Waals surface area contributed by atoms with Crippen LogP contribution in [0.4, 0.5) is 5.69 Å². The number of benzene rings is 1. The van der Waals surface area contributed by atoms with Crippen LogP contribution in [0.2, 0.25) is 0 Å². The lowest BCUT2D eigenvalue weighted by Gasteiger charge is -2.23. The zero-order valence-electron chi connectivity index (χ0n) is 11.5. The Bertz CT molecular complexity index is 671. The molecule has 114 valence electrons. The van der Waals surface area contributed by atoms with E-state index in [1.807, 2.05) is 0 Å². The minimum absolute atomic E-state index is 0.0692. The number of carboxylic acid groups (broad SMARTS) is 1. The van der Waals surface area contributed by atoms with Crippen LogP contribution in [0.1, 0.15) is 19.3 Å². The van der Waals surface area contributed by atoms with Crippen molar-refractivity contribution in [3.8, 4) is 0 Å². The van der Waals surface area contributed by atoms with Gasteiger partial charge in [-0.05, 0) is 43.0 Å². The fourth-order valence-electron chi connectivity index (χ4n) is 3.56. The lowest BCUT2D eigenvalue weighted by molar-refractivity contribution is -0.149. The lowest BCUT2D eigenvalue weighted by atomic mass is 9.81. The highest BCUT2D eigenvalue weighted by molar-refractivity contribution is 7.89. The Kier molecular flexibility index (Phi) is 3.22. The van der Waals surface area contributed by atoms with Crippen LogP contribution in [-0.4, -0.2) is 36.9 Å². The molecule has 6 nitrogen and oxygen atoms in total. The van der Waals surface area contributed by atoms with E-state index in [0.717, 1.165) is 12.8 Å². The van der Waals surface area contributed by atoms with Gasteiger partial charge in [-0.25, -0.2) is 8.42 Å². The first kappa shape index (κ1) is 14.3. The van der Waals surface area contributed by atoms with Crippen molar-refractivity contribution in [1.29, 1.82) is 0 Å². The number of nitrogens with two attached hydrogens (primary N) is 1. The number of sulfonamides is 1. The molecule has 1 heterocycles. The molecule has 1 saturated carbocycles. The summed E-state index contributed by atoms with van der Waals surface area (Å²) in [7, 11) is -3.65. The van der Waals surface area contributed by atoms with Crippen molar-refractivity contribution in [1.82, 2.24) is 4.31 Å². The van der Waals surface area contributed by atoms with Gasteiger partial charge in [-0.15, -0.1) is 0 Å². The number of aliphatic carboxylic acids is 1. The first-order valence-electron chi connectivity index (χ1n) is 6.95. The quantitative estimate of drug-likeness (QED) is 0.815. The number of hydrogen-bond donors (Lipinski definition) is 2. The van der Waals surface area contributed by atoms with Gasteiger partial charge in [0.2, 0.25) is 10.0 Å². The van der Waals surface area contributed by atoms with E-state index in [0.29, 0.717) is 18.7 Å². The van der Waals surface area contributed by atoms with Crippen molar-refractivity contribution in [2.75, 3.05) is 18.8 Å². The molecule has 1 aromatic rings. The molecule has 2 aliphatic rings. The van der Waals surface area contributed by atoms with Crippen molar-refractivity contribution in [3.05, 3.63) is 24.3 Å². The molecule has 2 atom stereocenters. The van der Waals surface area contributed by atoms with E-state index in [1.54, 1.807) is 0 Å². The number of carboxylic acids is 1. The molecule has 21 heavy (non-hydrogen) atoms. The number of nitrogens with zero attached hydrogens (tertiary/aromatic N) is 1. The molecular formula is C14H18N2O4S. The minimum atomic E-state index is -3.65. The van der Waals surface area contributed by atoms with Gasteiger partial charge in [0.1, 0.15) is 0 Å². The molecule has 1 aromatic carbocycles. The highest BCUT2D eigenvalue weighted by Gasteiger charge is 2.57. The van der Waals surface area contributed by atoms with Crippen LogP contribution in [0.15, 0.2) is 29.2 Å². The maximum atomic E-state index is 12.6. The molecule has 0 amide bonds. The van der Waals surface area contributed by atoms with E-state index in [-0.39, 0.29) is 17.4 Å². The Morgan fingerprint density at radius 3 is 2.57 bits per heavy atom. The molecule has 0 aromatic heterocycles. The second kappa shape index (κ2) is 4.71. The molecule has 3 N–H and O–H groups in total. The van der Waals surface area contributed by atoms with E-state index < -0.39 is 21.4 Å². The van der Waals surface area contributed by atoms with Crippen molar-refractivity contribution >= 4 is 21.7 Å². The van der Waals surface area contributed by atoms with Gasteiger partial charge in [0, 0.05) is 18.8 Å². The zero-order valence-corrected chi connectivity index (χ0v) is 12.3. The van der Waals surface area contributed by atoms with E-state index in [2.05, 4.69) is 0 Å². The van der Waals surface area contributed by atoms with Gasteiger partial charge < -0.3 is 10.8 Å². The van der Waals surface area contributed by atoms with Crippen molar-refractivity contribution in [3.63, 3.8) is 0 Å². The maximum absolute atomic E-state index is 12.6. The van der Waals surface area contributed by atoms with E-state index in [4.69, 9.17) is 5.73 Å². The highest BCUT2D eigenvalue weighted by atomic mass is 32.2. The van der Waals surface area contributed by atoms with Crippen LogP contribution < -0.4 is 5.73 Å². The summed E-state index contributed by atoms with van der Waals surface area (Å²) < 4.78 is 26.6. The van der Waals surface area contributed by atoms with Crippen molar-refractivity contribution < 1.29 is 18.3 Å². The Morgan fingerprint density at radius 2 is 2.00 bits per heavy atom. The molecule has 0 bridgehead atoms. The third-order valence-electron chi connectivity index (χ3n) is 4.78. The monoisotopic (exact) mass is 310 g/mol.